The van der Waals surface area contributed by atoms with Gasteiger partial charge in [-0.25, -0.2) is 0 Å². The van der Waals surface area contributed by atoms with Gasteiger partial charge in [0.1, 0.15) is 24.9 Å². The second kappa shape index (κ2) is 16.3. The van der Waals surface area contributed by atoms with Crippen molar-refractivity contribution in [1.29, 1.82) is 0 Å². The minimum Gasteiger partial charge on any atom is -0.496 e. The van der Waals surface area contributed by atoms with Crippen LogP contribution in [0.5, 0.6) is 11.5 Å². The van der Waals surface area contributed by atoms with Gasteiger partial charge in [0, 0.05) is 5.66 Å². The molecule has 0 saturated carbocycles. The number of rotatable bonds is 18. The quantitative estimate of drug-likeness (QED) is 0.151. The Morgan fingerprint density at radius 2 is 1.41 bits per heavy atom. The Morgan fingerprint density at radius 3 is 1.88 bits per heavy atom. The highest BCUT2D eigenvalue weighted by molar-refractivity contribution is 7.65. The van der Waals surface area contributed by atoms with Gasteiger partial charge >= 0.3 is 0 Å². The van der Waals surface area contributed by atoms with Crippen molar-refractivity contribution in [2.45, 2.75) is 117 Å². The Bertz CT molecular complexity index is 716. The van der Waals surface area contributed by atoms with Crippen LogP contribution in [0.15, 0.2) is 18.2 Å². The molecule has 195 valence electrons. The minimum atomic E-state index is -2.08. The zero-order valence-corrected chi connectivity index (χ0v) is 23.8. The molecular weight excluding hydrogens is 443 g/mol. The van der Waals surface area contributed by atoms with Crippen LogP contribution in [0.2, 0.25) is 0 Å². The van der Waals surface area contributed by atoms with Crippen LogP contribution < -0.4 is 9.47 Å². The Balaban J connectivity index is 2.84. The van der Waals surface area contributed by atoms with Gasteiger partial charge in [0.25, 0.3) is 0 Å². The maximum Gasteiger partial charge on any atom is 0.249 e. The molecule has 0 aliphatic rings. The second-order valence-corrected chi connectivity index (χ2v) is 12.8. The van der Waals surface area contributed by atoms with E-state index in [-0.39, 0.29) is 16.6 Å². The van der Waals surface area contributed by atoms with Crippen molar-refractivity contribution in [2.24, 2.45) is 11.3 Å². The van der Waals surface area contributed by atoms with Crippen molar-refractivity contribution >= 4 is 13.3 Å². The van der Waals surface area contributed by atoms with Gasteiger partial charge in [-0.1, -0.05) is 98.5 Å². The number of ether oxygens (including phenoxy) is 2. The summed E-state index contributed by atoms with van der Waals surface area (Å²) in [5.74, 6) is 1.27. The predicted molar refractivity (Wildman–Crippen MR) is 145 cm³/mol. The first kappa shape index (κ1) is 30.6. The molecular formula is C29H50O4P. The van der Waals surface area contributed by atoms with Crippen LogP contribution in [0.4, 0.5) is 0 Å². The van der Waals surface area contributed by atoms with Gasteiger partial charge in [-0.05, 0) is 42.7 Å². The van der Waals surface area contributed by atoms with Gasteiger partial charge in [0.15, 0.2) is 0 Å². The maximum absolute atomic E-state index is 13.6. The van der Waals surface area contributed by atoms with E-state index >= 15 is 0 Å². The third-order valence-electron chi connectivity index (χ3n) is 6.45. The lowest BCUT2D eigenvalue weighted by molar-refractivity contribution is 0.107. The van der Waals surface area contributed by atoms with E-state index in [1.165, 1.54) is 59.2 Å². The van der Waals surface area contributed by atoms with Crippen molar-refractivity contribution in [1.82, 2.24) is 0 Å². The molecule has 3 atom stereocenters. The molecule has 3 unspecified atom stereocenters. The van der Waals surface area contributed by atoms with Gasteiger partial charge < -0.3 is 9.47 Å². The third-order valence-corrected chi connectivity index (χ3v) is 8.21. The lowest BCUT2D eigenvalue weighted by Gasteiger charge is -2.26. The first-order valence-corrected chi connectivity index (χ1v) is 14.7. The Kier molecular flexibility index (Phi) is 14.7. The molecule has 0 aliphatic carbocycles. The van der Waals surface area contributed by atoms with Crippen molar-refractivity contribution < 1.29 is 18.8 Å². The summed E-state index contributed by atoms with van der Waals surface area (Å²) in [7, 11) is 0.980. The first-order chi connectivity index (χ1) is 16.1. The van der Waals surface area contributed by atoms with Crippen molar-refractivity contribution in [3.05, 3.63) is 23.8 Å². The van der Waals surface area contributed by atoms with E-state index in [1.807, 2.05) is 0 Å². The molecule has 0 spiro atoms. The summed E-state index contributed by atoms with van der Waals surface area (Å²) in [5.41, 5.74) is 0.0739. The summed E-state index contributed by atoms with van der Waals surface area (Å²) < 4.78 is 24.5. The highest BCUT2D eigenvalue weighted by Gasteiger charge is 2.31. The average Bonchev–Trinajstić information content (AvgIpc) is 2.79. The predicted octanol–water partition coefficient (Wildman–Crippen LogP) is 9.42. The normalized spacial score (nSPS) is 13.9. The van der Waals surface area contributed by atoms with Crippen molar-refractivity contribution in [3.8, 4) is 11.5 Å². The summed E-state index contributed by atoms with van der Waals surface area (Å²) >= 11 is 0. The lowest BCUT2D eigenvalue weighted by Crippen LogP contribution is -2.17. The first-order valence-electron chi connectivity index (χ1n) is 13.4. The van der Waals surface area contributed by atoms with Gasteiger partial charge in [-0.2, -0.15) is 0 Å². The van der Waals surface area contributed by atoms with Crippen LogP contribution in [-0.2, 0) is 4.57 Å². The molecule has 1 aromatic carbocycles. The standard InChI is InChI=1S/C29H50O4P/c1-8-9-10-11-12-13-14-15-16-18-24(21-23(2)22-29(3,4)5)34(31)28(30)27-25(32-6)19-17-20-26(27)33-7/h17,19-20,23-24H,8-16,18,21-22H2,1-7H3. The molecule has 4 nitrogen and oxygen atoms in total. The summed E-state index contributed by atoms with van der Waals surface area (Å²) in [6, 6.07) is 5.25. The van der Waals surface area contributed by atoms with E-state index < -0.39 is 7.80 Å². The van der Waals surface area contributed by atoms with Gasteiger partial charge in [-0.15, -0.1) is 0 Å². The van der Waals surface area contributed by atoms with Crippen LogP contribution in [0.3, 0.4) is 0 Å². The number of carbonyl (C=O) groups excluding carboxylic acids is 1. The van der Waals surface area contributed by atoms with Gasteiger partial charge in [-0.3, -0.25) is 9.36 Å². The Labute approximate surface area is 210 Å². The number of unbranched alkanes of at least 4 members (excludes halogenated alkanes) is 8. The monoisotopic (exact) mass is 493 g/mol. The molecule has 0 saturated heterocycles. The zero-order chi connectivity index (χ0) is 25.6. The molecule has 1 rings (SSSR count). The van der Waals surface area contributed by atoms with Crippen molar-refractivity contribution in [2.75, 3.05) is 14.2 Å². The Morgan fingerprint density at radius 1 is 0.912 bits per heavy atom. The Hall–Kier alpha value is -1.41. The number of hydrogen-bond acceptors (Lipinski definition) is 4. The third kappa shape index (κ3) is 11.3. The maximum atomic E-state index is 13.6. The average molecular weight is 494 g/mol. The van der Waals surface area contributed by atoms with Crippen molar-refractivity contribution in [3.63, 3.8) is 0 Å². The van der Waals surface area contributed by atoms with E-state index in [0.29, 0.717) is 23.0 Å². The molecule has 0 heterocycles. The summed E-state index contributed by atoms with van der Waals surface area (Å²) in [5, 5.41) is 0. The SMILES string of the molecule is CCCCCCCCCCCC(CC(C)CC(C)(C)C)[P](=O)C(=O)c1c(OC)cccc1OC. The van der Waals surface area contributed by atoms with Crippen LogP contribution in [0, 0.1) is 11.3 Å². The van der Waals surface area contributed by atoms with Gasteiger partial charge in [0.2, 0.25) is 5.52 Å². The molecule has 1 radical (unpaired) electrons. The van der Waals surface area contributed by atoms with E-state index in [1.54, 1.807) is 18.2 Å². The molecule has 0 amide bonds. The van der Waals surface area contributed by atoms with E-state index in [9.17, 15) is 9.36 Å². The largest absolute Gasteiger partial charge is 0.496 e. The molecule has 0 N–H and O–H groups in total. The molecule has 1 aromatic rings. The van der Waals surface area contributed by atoms with E-state index in [4.69, 9.17) is 9.47 Å². The molecule has 0 bridgehead atoms. The topological polar surface area (TPSA) is 52.6 Å². The van der Waals surface area contributed by atoms with E-state index in [0.717, 1.165) is 32.1 Å². The molecule has 5 heteroatoms. The highest BCUT2D eigenvalue weighted by atomic mass is 31.1. The number of methoxy groups -OCH3 is 2. The highest BCUT2D eigenvalue weighted by Crippen LogP contribution is 2.44. The smallest absolute Gasteiger partial charge is 0.249 e. The summed E-state index contributed by atoms with van der Waals surface area (Å²) in [6.07, 6.45) is 14.0. The van der Waals surface area contributed by atoms with Crippen LogP contribution in [-0.4, -0.2) is 25.4 Å². The zero-order valence-electron chi connectivity index (χ0n) is 23.0. The fraction of sp³-hybridized carbons (Fsp3) is 0.759. The van der Waals surface area contributed by atoms with E-state index in [2.05, 4.69) is 34.6 Å². The second-order valence-electron chi connectivity index (χ2n) is 11.0. The summed E-state index contributed by atoms with van der Waals surface area (Å²) in [6.45, 7) is 11.2. The molecule has 0 fully saturated rings. The lowest BCUT2D eigenvalue weighted by atomic mass is 9.83. The molecule has 0 aromatic heterocycles. The fourth-order valence-electron chi connectivity index (χ4n) is 4.95. The molecule has 0 aliphatic heterocycles. The minimum absolute atomic E-state index is 0.112. The van der Waals surface area contributed by atoms with Crippen LogP contribution >= 0.6 is 7.80 Å². The van der Waals surface area contributed by atoms with Crippen LogP contribution in [0.1, 0.15) is 122 Å². The molecule has 34 heavy (non-hydrogen) atoms. The van der Waals surface area contributed by atoms with Gasteiger partial charge in [0.05, 0.1) is 14.2 Å². The number of benzene rings is 1. The van der Waals surface area contributed by atoms with Crippen LogP contribution in [0.25, 0.3) is 0 Å². The number of carbonyl (C=O) groups is 1. The fourth-order valence-corrected chi connectivity index (χ4v) is 6.69. The summed E-state index contributed by atoms with van der Waals surface area (Å²) in [4.78, 5) is 13.4. The number of hydrogen-bond donors (Lipinski definition) is 0.